The van der Waals surface area contributed by atoms with E-state index in [-0.39, 0.29) is 11.5 Å². The topological polar surface area (TPSA) is 3.24 Å². The third-order valence-corrected chi connectivity index (χ3v) is 5.77. The lowest BCUT2D eigenvalue weighted by Gasteiger charge is -2.39. The van der Waals surface area contributed by atoms with E-state index in [9.17, 15) is 0 Å². The van der Waals surface area contributed by atoms with Crippen molar-refractivity contribution in [1.29, 1.82) is 0 Å². The fourth-order valence-corrected chi connectivity index (χ4v) is 4.70. The second-order valence-corrected chi connectivity index (χ2v) is 7.29. The van der Waals surface area contributed by atoms with Gasteiger partial charge in [0.15, 0.2) is 0 Å². The Morgan fingerprint density at radius 1 is 1.19 bits per heavy atom. The Morgan fingerprint density at radius 3 is 2.50 bits per heavy atom. The van der Waals surface area contributed by atoms with Gasteiger partial charge >= 0.3 is 0 Å². The van der Waals surface area contributed by atoms with E-state index >= 15 is 0 Å². The van der Waals surface area contributed by atoms with Gasteiger partial charge in [0.1, 0.15) is 0 Å². The first-order valence-corrected chi connectivity index (χ1v) is 7.13. The first-order chi connectivity index (χ1) is 8.38. The van der Waals surface area contributed by atoms with E-state index < -0.39 is 6.37 Å². The van der Waals surface area contributed by atoms with Crippen molar-refractivity contribution in [2.24, 2.45) is 16.7 Å². The highest BCUT2D eigenvalue weighted by Gasteiger charge is 2.71. The normalized spacial score (nSPS) is 44.9. The van der Waals surface area contributed by atoms with Gasteiger partial charge < -0.3 is 0 Å². The summed E-state index contributed by atoms with van der Waals surface area (Å²) in [6.45, 7) is 6.52. The summed E-state index contributed by atoms with van der Waals surface area (Å²) in [6.07, 6.45) is 6.68. The number of hydrogen-bond donors (Lipinski definition) is 0. The Hall–Kier alpha value is -0.0400. The molecule has 0 aromatic rings. The molecule has 0 bridgehead atoms. The Morgan fingerprint density at radius 2 is 1.94 bits per heavy atom. The van der Waals surface area contributed by atoms with Crippen LogP contribution in [0.1, 0.15) is 61.5 Å². The Balaban J connectivity index is 1.82. The van der Waals surface area contributed by atoms with Gasteiger partial charge in [0, 0.05) is 14.8 Å². The SMILES string of the molecule is [2H]C([2H])(C(C)C)[C@]12CC3(CC3)CN1CCC21CC1. The average molecular weight is 221 g/mol. The van der Waals surface area contributed by atoms with Crippen LogP contribution in [0.4, 0.5) is 0 Å². The molecule has 2 aliphatic heterocycles. The molecule has 0 N–H and O–H groups in total. The van der Waals surface area contributed by atoms with E-state index in [0.717, 1.165) is 13.0 Å². The summed E-state index contributed by atoms with van der Waals surface area (Å²) in [7, 11) is 0. The molecule has 0 aromatic heterocycles. The third-order valence-electron chi connectivity index (χ3n) is 5.77. The van der Waals surface area contributed by atoms with E-state index in [1.165, 1.54) is 38.6 Å². The van der Waals surface area contributed by atoms with Crippen molar-refractivity contribution in [3.63, 3.8) is 0 Å². The molecule has 0 amide bonds. The molecule has 1 nitrogen and oxygen atoms in total. The van der Waals surface area contributed by atoms with Gasteiger partial charge in [-0.2, -0.15) is 0 Å². The zero-order chi connectivity index (χ0) is 12.8. The number of fused-ring (bicyclic) bond motifs is 2. The molecule has 0 radical (unpaired) electrons. The van der Waals surface area contributed by atoms with Crippen molar-refractivity contribution in [2.45, 2.75) is 64.3 Å². The van der Waals surface area contributed by atoms with Crippen LogP contribution < -0.4 is 0 Å². The van der Waals surface area contributed by atoms with Crippen molar-refractivity contribution in [3.05, 3.63) is 0 Å². The maximum absolute atomic E-state index is 8.82. The van der Waals surface area contributed by atoms with E-state index in [1.807, 2.05) is 0 Å². The van der Waals surface area contributed by atoms with Crippen LogP contribution >= 0.6 is 0 Å². The second kappa shape index (κ2) is 2.68. The molecule has 1 atom stereocenters. The van der Waals surface area contributed by atoms with Gasteiger partial charge in [0.05, 0.1) is 0 Å². The zero-order valence-corrected chi connectivity index (χ0v) is 10.7. The molecule has 0 unspecified atom stereocenters. The number of rotatable bonds is 2. The summed E-state index contributed by atoms with van der Waals surface area (Å²) in [6, 6.07) is 0. The first-order valence-electron chi connectivity index (χ1n) is 8.13. The highest BCUT2D eigenvalue weighted by Crippen LogP contribution is 2.73. The van der Waals surface area contributed by atoms with Crippen LogP contribution in [-0.4, -0.2) is 23.5 Å². The molecule has 4 aliphatic rings. The number of nitrogens with zero attached hydrogens (tertiary/aromatic N) is 1. The van der Waals surface area contributed by atoms with Crippen molar-refractivity contribution in [1.82, 2.24) is 4.90 Å². The zero-order valence-electron chi connectivity index (χ0n) is 12.7. The van der Waals surface area contributed by atoms with Gasteiger partial charge in [0.2, 0.25) is 0 Å². The maximum atomic E-state index is 8.82. The van der Waals surface area contributed by atoms with E-state index in [4.69, 9.17) is 2.74 Å². The van der Waals surface area contributed by atoms with Gasteiger partial charge in [-0.05, 0) is 68.2 Å². The predicted octanol–water partition coefficient (Wildman–Crippen LogP) is 3.44. The third kappa shape index (κ3) is 1.06. The summed E-state index contributed by atoms with van der Waals surface area (Å²) in [5.41, 5.74) is 0.774. The van der Waals surface area contributed by atoms with E-state index in [1.54, 1.807) is 0 Å². The average Bonchev–Trinajstić information content (AvgIpc) is 3.13. The molecular weight excluding hydrogens is 194 g/mol. The van der Waals surface area contributed by atoms with Crippen molar-refractivity contribution < 1.29 is 2.74 Å². The van der Waals surface area contributed by atoms with Crippen LogP contribution in [0.2, 0.25) is 0 Å². The van der Waals surface area contributed by atoms with Crippen LogP contribution in [0.15, 0.2) is 0 Å². The molecule has 2 heterocycles. The monoisotopic (exact) mass is 221 g/mol. The highest BCUT2D eigenvalue weighted by atomic mass is 15.3. The Labute approximate surface area is 102 Å². The quantitative estimate of drug-likeness (QED) is 0.690. The molecule has 0 aromatic carbocycles. The van der Waals surface area contributed by atoms with Crippen molar-refractivity contribution >= 4 is 0 Å². The van der Waals surface area contributed by atoms with Crippen LogP contribution in [0, 0.1) is 16.7 Å². The van der Waals surface area contributed by atoms with E-state index in [0.29, 0.717) is 10.8 Å². The van der Waals surface area contributed by atoms with Crippen LogP contribution in [0.25, 0.3) is 0 Å². The summed E-state index contributed by atoms with van der Waals surface area (Å²) in [4.78, 5) is 2.59. The fraction of sp³-hybridized carbons (Fsp3) is 1.00. The van der Waals surface area contributed by atoms with Gasteiger partial charge in [0.25, 0.3) is 0 Å². The Bertz CT molecular complexity index is 395. The minimum Gasteiger partial charge on any atom is -0.296 e. The smallest absolute Gasteiger partial charge is 0.0288 e. The first kappa shape index (κ1) is 8.13. The maximum Gasteiger partial charge on any atom is 0.0288 e. The summed E-state index contributed by atoms with van der Waals surface area (Å²) in [5.74, 6) is 0.129. The predicted molar refractivity (Wildman–Crippen MR) is 66.3 cm³/mol. The number of hydrogen-bond acceptors (Lipinski definition) is 1. The molecule has 2 spiro atoms. The minimum atomic E-state index is -1.02. The Kier molecular flexibility index (Phi) is 1.36. The molecule has 4 rings (SSSR count). The molecule has 4 fully saturated rings. The lowest BCUT2D eigenvalue weighted by molar-refractivity contribution is 0.107. The largest absolute Gasteiger partial charge is 0.296 e. The molecule has 1 heteroatoms. The molecule has 2 saturated carbocycles. The summed E-state index contributed by atoms with van der Waals surface area (Å²) >= 11 is 0. The minimum absolute atomic E-state index is 0.106. The lowest BCUT2D eigenvalue weighted by atomic mass is 9.72. The van der Waals surface area contributed by atoms with E-state index in [2.05, 4.69) is 18.7 Å². The molecule has 2 aliphatic carbocycles. The molecular formula is C15H25N. The lowest BCUT2D eigenvalue weighted by Crippen LogP contribution is -2.45. The van der Waals surface area contributed by atoms with Crippen molar-refractivity contribution in [3.8, 4) is 0 Å². The van der Waals surface area contributed by atoms with Crippen LogP contribution in [-0.2, 0) is 0 Å². The van der Waals surface area contributed by atoms with Crippen LogP contribution in [0.5, 0.6) is 0 Å². The molecule has 16 heavy (non-hydrogen) atoms. The molecule has 90 valence electrons. The molecule has 2 saturated heterocycles. The van der Waals surface area contributed by atoms with Gasteiger partial charge in [-0.3, -0.25) is 4.90 Å². The van der Waals surface area contributed by atoms with Gasteiger partial charge in [-0.25, -0.2) is 0 Å². The van der Waals surface area contributed by atoms with Gasteiger partial charge in [-0.15, -0.1) is 0 Å². The standard InChI is InChI=1S/C15H25N/c1-12(2)9-15-10-13(3-4-13)11-16(15)8-7-14(15)5-6-14/h12H,3-11H2,1-2H3/t15-/m1/s1/i9D2. The van der Waals surface area contributed by atoms with Gasteiger partial charge in [-0.1, -0.05) is 13.8 Å². The van der Waals surface area contributed by atoms with Crippen LogP contribution in [0.3, 0.4) is 0 Å². The summed E-state index contributed by atoms with van der Waals surface area (Å²) in [5, 5.41) is 0. The van der Waals surface area contributed by atoms with Crippen molar-refractivity contribution in [2.75, 3.05) is 13.1 Å². The fourth-order valence-electron chi connectivity index (χ4n) is 4.70. The summed E-state index contributed by atoms with van der Waals surface area (Å²) < 4.78 is 17.6. The highest BCUT2D eigenvalue weighted by molar-refractivity contribution is 5.25. The second-order valence-electron chi connectivity index (χ2n) is 7.29.